The van der Waals surface area contributed by atoms with Crippen LogP contribution in [0.4, 0.5) is 14.4 Å². The summed E-state index contributed by atoms with van der Waals surface area (Å²) in [5, 5.41) is 3.18. The molecule has 1 aromatic rings. The highest BCUT2D eigenvalue weighted by atomic mass is 35.5. The van der Waals surface area contributed by atoms with E-state index in [4.69, 9.17) is 21.1 Å². The fourth-order valence-electron chi connectivity index (χ4n) is 5.41. The lowest BCUT2D eigenvalue weighted by molar-refractivity contribution is -0.136. The summed E-state index contributed by atoms with van der Waals surface area (Å²) < 4.78 is 11.0. The summed E-state index contributed by atoms with van der Waals surface area (Å²) in [6.07, 6.45) is 1.09. The Bertz CT molecular complexity index is 1190. The van der Waals surface area contributed by atoms with Crippen LogP contribution in [-0.2, 0) is 27.4 Å². The van der Waals surface area contributed by atoms with Gasteiger partial charge < -0.3 is 19.7 Å². The maximum absolute atomic E-state index is 14.5. The Hall–Kier alpha value is -3.01. The third-order valence-corrected chi connectivity index (χ3v) is 7.76. The molecule has 11 heteroatoms. The highest BCUT2D eigenvalue weighted by Gasteiger charge is 2.51. The molecule has 2 atom stereocenters. The quantitative estimate of drug-likeness (QED) is 0.419. The fourth-order valence-corrected chi connectivity index (χ4v) is 5.60. The van der Waals surface area contributed by atoms with Crippen molar-refractivity contribution in [1.82, 2.24) is 20.0 Å². The third kappa shape index (κ3) is 8.52. The lowest BCUT2D eigenvalue weighted by atomic mass is 9.84. The Balaban J connectivity index is 1.98. The number of rotatable bonds is 5. The number of nitrogens with one attached hydrogen (secondary N) is 1. The van der Waals surface area contributed by atoms with Gasteiger partial charge in [0, 0.05) is 30.7 Å². The van der Waals surface area contributed by atoms with Crippen molar-refractivity contribution in [3.63, 3.8) is 0 Å². The van der Waals surface area contributed by atoms with E-state index in [-0.39, 0.29) is 19.1 Å². The minimum atomic E-state index is -0.906. The molecule has 0 spiro atoms. The Morgan fingerprint density at radius 2 is 1.64 bits per heavy atom. The van der Waals surface area contributed by atoms with Gasteiger partial charge in [-0.15, -0.1) is 0 Å². The van der Waals surface area contributed by atoms with Crippen molar-refractivity contribution in [2.75, 3.05) is 13.1 Å². The first-order chi connectivity index (χ1) is 19.3. The van der Waals surface area contributed by atoms with Crippen LogP contribution in [-0.4, -0.2) is 75.2 Å². The molecule has 234 valence electrons. The van der Waals surface area contributed by atoms with E-state index in [0.29, 0.717) is 35.7 Å². The van der Waals surface area contributed by atoms with Crippen LogP contribution in [0.3, 0.4) is 0 Å². The van der Waals surface area contributed by atoms with E-state index < -0.39 is 46.8 Å². The van der Waals surface area contributed by atoms with Crippen LogP contribution in [0, 0.1) is 5.41 Å². The van der Waals surface area contributed by atoms with Gasteiger partial charge in [0.05, 0.1) is 6.54 Å². The van der Waals surface area contributed by atoms with Crippen LogP contribution in [0.25, 0.3) is 0 Å². The van der Waals surface area contributed by atoms with E-state index in [2.05, 4.69) is 5.32 Å². The van der Waals surface area contributed by atoms with E-state index in [1.54, 1.807) is 64.6 Å². The van der Waals surface area contributed by atoms with Crippen molar-refractivity contribution < 1.29 is 28.7 Å². The van der Waals surface area contributed by atoms with Crippen LogP contribution in [0.15, 0.2) is 18.2 Å². The number of ether oxygens (including phenoxy) is 2. The van der Waals surface area contributed by atoms with Gasteiger partial charge in [-0.1, -0.05) is 31.5 Å². The van der Waals surface area contributed by atoms with E-state index in [9.17, 15) is 19.2 Å². The van der Waals surface area contributed by atoms with Gasteiger partial charge >= 0.3 is 18.2 Å². The number of imide groups is 1. The van der Waals surface area contributed by atoms with Crippen LogP contribution >= 0.6 is 11.6 Å². The number of alkyl carbamates (subject to hydrolysis) is 1. The molecule has 0 aromatic heterocycles. The predicted octanol–water partition coefficient (Wildman–Crippen LogP) is 6.33. The lowest BCUT2D eigenvalue weighted by Gasteiger charge is -2.37. The summed E-state index contributed by atoms with van der Waals surface area (Å²) in [4.78, 5) is 58.5. The molecule has 0 unspecified atom stereocenters. The molecule has 0 radical (unpaired) electrons. The zero-order valence-corrected chi connectivity index (χ0v) is 27.3. The highest BCUT2D eigenvalue weighted by Crippen LogP contribution is 2.39. The molecule has 3 rings (SSSR count). The Labute approximate surface area is 255 Å². The first-order valence-corrected chi connectivity index (χ1v) is 15.0. The summed E-state index contributed by atoms with van der Waals surface area (Å²) >= 11 is 6.38. The average Bonchev–Trinajstić information content (AvgIpc) is 3.40. The first-order valence-electron chi connectivity index (χ1n) is 14.6. The summed E-state index contributed by atoms with van der Waals surface area (Å²) in [7, 11) is 0. The van der Waals surface area contributed by atoms with Gasteiger partial charge in [-0.3, -0.25) is 14.6 Å². The summed E-state index contributed by atoms with van der Waals surface area (Å²) in [5.41, 5.74) is -0.720. The zero-order chi connectivity index (χ0) is 31.6. The number of halogens is 1. The molecule has 2 aliphatic rings. The maximum atomic E-state index is 14.5. The molecule has 0 saturated carbocycles. The van der Waals surface area contributed by atoms with Gasteiger partial charge in [-0.2, -0.15) is 0 Å². The average molecular weight is 607 g/mol. The van der Waals surface area contributed by atoms with Crippen molar-refractivity contribution in [2.45, 2.75) is 118 Å². The summed E-state index contributed by atoms with van der Waals surface area (Å²) in [5.74, 6) is -0.474. The van der Waals surface area contributed by atoms with Gasteiger partial charge in [0.2, 0.25) is 0 Å². The molecular formula is C31H47ClN4O6. The second-order valence-corrected chi connectivity index (χ2v) is 14.4. The minimum absolute atomic E-state index is 0.0287. The topological polar surface area (TPSA) is 108 Å². The number of hydrogen-bond acceptors (Lipinski definition) is 6. The molecular weight excluding hydrogens is 560 g/mol. The standard InChI is InChI=1S/C31H47ClN4O6/c1-20-11-10-15-34(20)27(39)36(25(37)24-31(8,9)14-16-35(24)28(40)42-30(5,6)7)19-22-17-23(32)13-12-21(22)18-33-26(38)41-29(2,3)4/h12-13,17,20,24H,10-11,14-16,18-19H2,1-9H3,(H,33,38)/t20-,24-/m1/s1. The molecule has 5 amide bonds. The van der Waals surface area contributed by atoms with Crippen LogP contribution in [0.1, 0.15) is 92.7 Å². The Morgan fingerprint density at radius 1 is 1.00 bits per heavy atom. The van der Waals surface area contributed by atoms with Crippen molar-refractivity contribution in [3.8, 4) is 0 Å². The number of carbonyl (C=O) groups excluding carboxylic acids is 4. The van der Waals surface area contributed by atoms with E-state index in [1.807, 2.05) is 20.8 Å². The Kier molecular flexibility index (Phi) is 10.1. The molecule has 2 aliphatic heterocycles. The number of urea groups is 1. The van der Waals surface area contributed by atoms with Crippen LogP contribution < -0.4 is 5.32 Å². The predicted molar refractivity (Wildman–Crippen MR) is 161 cm³/mol. The molecule has 2 fully saturated rings. The smallest absolute Gasteiger partial charge is 0.410 e. The van der Waals surface area contributed by atoms with Crippen LogP contribution in [0.2, 0.25) is 5.02 Å². The van der Waals surface area contributed by atoms with Crippen LogP contribution in [0.5, 0.6) is 0 Å². The SMILES string of the molecule is C[C@@H]1CCCN1C(=O)N(Cc1cc(Cl)ccc1CNC(=O)OC(C)(C)C)C(=O)[C@H]1N(C(=O)OC(C)(C)C)CCC1(C)C. The summed E-state index contributed by atoms with van der Waals surface area (Å²) in [6.45, 7) is 17.4. The summed E-state index contributed by atoms with van der Waals surface area (Å²) in [6, 6.07) is 3.80. The number of carbonyl (C=O) groups is 4. The lowest BCUT2D eigenvalue weighted by Crippen LogP contribution is -2.57. The molecule has 42 heavy (non-hydrogen) atoms. The van der Waals surface area contributed by atoms with Crippen molar-refractivity contribution in [2.24, 2.45) is 5.41 Å². The largest absolute Gasteiger partial charge is 0.444 e. The van der Waals surface area contributed by atoms with Crippen molar-refractivity contribution in [1.29, 1.82) is 0 Å². The number of likely N-dealkylation sites (tertiary alicyclic amines) is 2. The van der Waals surface area contributed by atoms with E-state index >= 15 is 0 Å². The van der Waals surface area contributed by atoms with Gasteiger partial charge in [0.15, 0.2) is 0 Å². The molecule has 10 nitrogen and oxygen atoms in total. The fraction of sp³-hybridized carbons (Fsp3) is 0.677. The normalized spacial score (nSPS) is 20.3. The van der Waals surface area contributed by atoms with Gasteiger partial charge in [0.1, 0.15) is 17.2 Å². The maximum Gasteiger partial charge on any atom is 0.410 e. The molecule has 0 bridgehead atoms. The van der Waals surface area contributed by atoms with Gasteiger partial charge in [-0.25, -0.2) is 14.4 Å². The second-order valence-electron chi connectivity index (χ2n) is 14.0. The van der Waals surface area contributed by atoms with Crippen molar-refractivity contribution >= 4 is 35.7 Å². The number of benzene rings is 1. The Morgan fingerprint density at radius 3 is 2.21 bits per heavy atom. The van der Waals surface area contributed by atoms with Gasteiger partial charge in [0.25, 0.3) is 5.91 Å². The number of nitrogens with zero attached hydrogens (tertiary/aromatic N) is 3. The third-order valence-electron chi connectivity index (χ3n) is 7.53. The molecule has 1 aromatic carbocycles. The number of amides is 5. The molecule has 1 N–H and O–H groups in total. The van der Waals surface area contributed by atoms with E-state index in [1.165, 1.54) is 9.80 Å². The molecule has 2 saturated heterocycles. The second kappa shape index (κ2) is 12.7. The van der Waals surface area contributed by atoms with Gasteiger partial charge in [-0.05, 0) is 96.4 Å². The molecule has 0 aliphatic carbocycles. The zero-order valence-electron chi connectivity index (χ0n) is 26.5. The van der Waals surface area contributed by atoms with E-state index in [0.717, 1.165) is 12.8 Å². The minimum Gasteiger partial charge on any atom is -0.444 e. The molecule has 2 heterocycles. The highest BCUT2D eigenvalue weighted by molar-refractivity contribution is 6.30. The monoisotopic (exact) mass is 606 g/mol. The number of hydrogen-bond donors (Lipinski definition) is 1. The van der Waals surface area contributed by atoms with Crippen molar-refractivity contribution in [3.05, 3.63) is 34.3 Å². The first kappa shape index (κ1) is 33.5.